The fraction of sp³-hybridized carbons (Fsp3) is 0.350. The molecule has 3 N–H and O–H groups in total. The number of benzene rings is 2. The van der Waals surface area contributed by atoms with Crippen LogP contribution >= 0.6 is 24.0 Å². The van der Waals surface area contributed by atoms with E-state index in [0.717, 1.165) is 17.8 Å². The van der Waals surface area contributed by atoms with Gasteiger partial charge in [-0.25, -0.2) is 0 Å². The van der Waals surface area contributed by atoms with Crippen molar-refractivity contribution in [2.45, 2.75) is 31.8 Å². The molecule has 0 saturated carbocycles. The number of rotatable bonds is 4. The highest BCUT2D eigenvalue weighted by molar-refractivity contribution is 6.31. The Morgan fingerprint density at radius 2 is 1.88 bits per heavy atom. The summed E-state index contributed by atoms with van der Waals surface area (Å²) in [5, 5.41) is 3.64. The molecule has 26 heavy (non-hydrogen) atoms. The molecule has 0 spiro atoms. The predicted molar refractivity (Wildman–Crippen MR) is 110 cm³/mol. The zero-order valence-electron chi connectivity index (χ0n) is 15.0. The van der Waals surface area contributed by atoms with Crippen LogP contribution in [0.3, 0.4) is 0 Å². The maximum Gasteiger partial charge on any atom is 0.241 e. The molecule has 2 aromatic rings. The van der Waals surface area contributed by atoms with Crippen LogP contribution in [0.15, 0.2) is 48.5 Å². The van der Waals surface area contributed by atoms with Crippen molar-refractivity contribution in [1.29, 1.82) is 0 Å². The first kappa shape index (κ1) is 20.7. The molecular weight excluding hydrogens is 369 g/mol. The van der Waals surface area contributed by atoms with Crippen molar-refractivity contribution < 1.29 is 4.79 Å². The third-order valence-electron chi connectivity index (χ3n) is 5.07. The van der Waals surface area contributed by atoms with Gasteiger partial charge in [0.2, 0.25) is 5.91 Å². The Morgan fingerprint density at radius 3 is 2.58 bits per heavy atom. The van der Waals surface area contributed by atoms with Gasteiger partial charge in [-0.1, -0.05) is 48.0 Å². The number of anilines is 1. The minimum absolute atomic E-state index is 0. The molecule has 0 aliphatic carbocycles. The summed E-state index contributed by atoms with van der Waals surface area (Å²) in [6.07, 6.45) is 0. The molecule has 1 fully saturated rings. The van der Waals surface area contributed by atoms with E-state index in [4.69, 9.17) is 17.3 Å². The molecule has 1 heterocycles. The summed E-state index contributed by atoms with van der Waals surface area (Å²) in [6, 6.07) is 15.6. The highest BCUT2D eigenvalue weighted by Crippen LogP contribution is 2.28. The maximum atomic E-state index is 12.7. The van der Waals surface area contributed by atoms with E-state index in [1.807, 2.05) is 50.2 Å². The number of nitrogens with one attached hydrogen (secondary N) is 1. The molecule has 1 unspecified atom stereocenters. The van der Waals surface area contributed by atoms with Crippen molar-refractivity contribution in [1.82, 2.24) is 4.90 Å². The van der Waals surface area contributed by atoms with E-state index in [0.29, 0.717) is 11.6 Å². The molecule has 0 radical (unpaired) electrons. The van der Waals surface area contributed by atoms with Crippen molar-refractivity contribution >= 4 is 35.6 Å². The molecule has 4 nitrogen and oxygen atoms in total. The fourth-order valence-electron chi connectivity index (χ4n) is 3.38. The van der Waals surface area contributed by atoms with Crippen LogP contribution < -0.4 is 11.1 Å². The highest BCUT2D eigenvalue weighted by atomic mass is 35.5. The molecule has 140 valence electrons. The molecule has 1 aliphatic rings. The Labute approximate surface area is 166 Å². The first-order chi connectivity index (χ1) is 12.0. The first-order valence-electron chi connectivity index (χ1n) is 8.58. The molecule has 1 aliphatic heterocycles. The summed E-state index contributed by atoms with van der Waals surface area (Å²) in [7, 11) is 0. The molecule has 0 bridgehead atoms. The lowest BCUT2D eigenvalue weighted by Crippen LogP contribution is -2.41. The number of halogens is 2. The van der Waals surface area contributed by atoms with Crippen molar-refractivity contribution in [3.63, 3.8) is 0 Å². The van der Waals surface area contributed by atoms with Crippen LogP contribution in [0, 0.1) is 6.92 Å². The number of hydrogen-bond donors (Lipinski definition) is 2. The monoisotopic (exact) mass is 393 g/mol. The van der Waals surface area contributed by atoms with Crippen LogP contribution in [0.2, 0.25) is 5.02 Å². The highest BCUT2D eigenvalue weighted by Gasteiger charge is 2.35. The van der Waals surface area contributed by atoms with Crippen LogP contribution in [0.5, 0.6) is 0 Å². The van der Waals surface area contributed by atoms with Gasteiger partial charge in [0.05, 0.1) is 6.04 Å². The lowest BCUT2D eigenvalue weighted by Gasteiger charge is -2.24. The maximum absolute atomic E-state index is 12.7. The van der Waals surface area contributed by atoms with Gasteiger partial charge in [0.15, 0.2) is 0 Å². The number of carbonyl (C=O) groups is 1. The van der Waals surface area contributed by atoms with E-state index in [2.05, 4.69) is 22.3 Å². The summed E-state index contributed by atoms with van der Waals surface area (Å²) in [5.41, 5.74) is 9.21. The van der Waals surface area contributed by atoms with E-state index in [-0.39, 0.29) is 36.3 Å². The molecule has 3 rings (SSSR count). The zero-order valence-corrected chi connectivity index (χ0v) is 16.6. The second-order valence-electron chi connectivity index (χ2n) is 6.71. The lowest BCUT2D eigenvalue weighted by atomic mass is 9.95. The Hall–Kier alpha value is -1.59. The molecular formula is C20H25Cl2N3O. The van der Waals surface area contributed by atoms with E-state index >= 15 is 0 Å². The molecule has 1 saturated heterocycles. The second kappa shape index (κ2) is 8.87. The van der Waals surface area contributed by atoms with Gasteiger partial charge in [0.25, 0.3) is 0 Å². The summed E-state index contributed by atoms with van der Waals surface area (Å²) in [6.45, 7) is 5.33. The molecule has 3 atom stereocenters. The van der Waals surface area contributed by atoms with Gasteiger partial charge in [-0.3, -0.25) is 9.69 Å². The lowest BCUT2D eigenvalue weighted by molar-refractivity contribution is -0.120. The largest absolute Gasteiger partial charge is 0.326 e. The summed E-state index contributed by atoms with van der Waals surface area (Å²) in [4.78, 5) is 14.8. The standard InChI is InChI=1S/C20H24ClN3O.ClH/c1-13-17(21)9-6-10-19(13)23-20(25)14(2)24-11-16(18(22)12-24)15-7-4-3-5-8-15;/h3-10,14,16,18H,11-12,22H2,1-2H3,(H,23,25);1H/t14?,16-,18+;/m0./s1. The van der Waals surface area contributed by atoms with Gasteiger partial charge in [-0.2, -0.15) is 0 Å². The van der Waals surface area contributed by atoms with E-state index in [9.17, 15) is 4.79 Å². The van der Waals surface area contributed by atoms with Crippen LogP contribution in [0.1, 0.15) is 24.0 Å². The van der Waals surface area contributed by atoms with Crippen LogP contribution in [0.4, 0.5) is 5.69 Å². The molecule has 2 aromatic carbocycles. The Bertz CT molecular complexity index is 754. The number of likely N-dealkylation sites (tertiary alicyclic amines) is 1. The fourth-order valence-corrected chi connectivity index (χ4v) is 3.55. The smallest absolute Gasteiger partial charge is 0.241 e. The first-order valence-corrected chi connectivity index (χ1v) is 8.95. The van der Waals surface area contributed by atoms with Gasteiger partial charge < -0.3 is 11.1 Å². The van der Waals surface area contributed by atoms with Crippen molar-refractivity contribution in [2.24, 2.45) is 5.73 Å². The predicted octanol–water partition coefficient (Wildman–Crippen LogP) is 3.82. The van der Waals surface area contributed by atoms with Gasteiger partial charge in [0, 0.05) is 35.8 Å². The minimum Gasteiger partial charge on any atom is -0.326 e. The van der Waals surface area contributed by atoms with E-state index in [1.165, 1.54) is 5.56 Å². The van der Waals surface area contributed by atoms with Crippen molar-refractivity contribution in [3.8, 4) is 0 Å². The normalized spacial score (nSPS) is 21.1. The van der Waals surface area contributed by atoms with Crippen molar-refractivity contribution in [2.75, 3.05) is 18.4 Å². The topological polar surface area (TPSA) is 58.4 Å². The van der Waals surface area contributed by atoms with Crippen LogP contribution in [-0.2, 0) is 4.79 Å². The Kier molecular flexibility index (Phi) is 7.07. The molecule has 0 aromatic heterocycles. The van der Waals surface area contributed by atoms with Crippen LogP contribution in [-0.4, -0.2) is 36.0 Å². The number of nitrogens with two attached hydrogens (primary N) is 1. The summed E-state index contributed by atoms with van der Waals surface area (Å²) in [5.74, 6) is 0.218. The average molecular weight is 394 g/mol. The molecule has 6 heteroatoms. The van der Waals surface area contributed by atoms with Crippen LogP contribution in [0.25, 0.3) is 0 Å². The Balaban J connectivity index is 0.00000243. The van der Waals surface area contributed by atoms with Gasteiger partial charge in [-0.05, 0) is 37.1 Å². The minimum atomic E-state index is -0.252. The van der Waals surface area contributed by atoms with Gasteiger partial charge in [0.1, 0.15) is 0 Å². The SMILES string of the molecule is Cc1c(Cl)cccc1NC(=O)C(C)N1C[C@@H](N)[C@H](c2ccccc2)C1.Cl. The van der Waals surface area contributed by atoms with Gasteiger partial charge in [-0.15, -0.1) is 12.4 Å². The summed E-state index contributed by atoms with van der Waals surface area (Å²) < 4.78 is 0. The third-order valence-corrected chi connectivity index (χ3v) is 5.48. The van der Waals surface area contributed by atoms with Gasteiger partial charge >= 0.3 is 0 Å². The number of amides is 1. The van der Waals surface area contributed by atoms with E-state index in [1.54, 1.807) is 0 Å². The number of hydrogen-bond acceptors (Lipinski definition) is 3. The zero-order chi connectivity index (χ0) is 18.0. The Morgan fingerprint density at radius 1 is 1.19 bits per heavy atom. The second-order valence-corrected chi connectivity index (χ2v) is 7.12. The summed E-state index contributed by atoms with van der Waals surface area (Å²) >= 11 is 6.13. The number of nitrogens with zero attached hydrogens (tertiary/aromatic N) is 1. The van der Waals surface area contributed by atoms with E-state index < -0.39 is 0 Å². The van der Waals surface area contributed by atoms with Crippen molar-refractivity contribution in [3.05, 3.63) is 64.7 Å². The quantitative estimate of drug-likeness (QED) is 0.829. The average Bonchev–Trinajstić information content (AvgIpc) is 3.00. The number of carbonyl (C=O) groups excluding carboxylic acids is 1. The third kappa shape index (κ3) is 4.38. The molecule has 1 amide bonds.